The predicted octanol–water partition coefficient (Wildman–Crippen LogP) is 2.50. The Balaban J connectivity index is 2.36. The van der Waals surface area contributed by atoms with Crippen LogP contribution in [0.1, 0.15) is 15.9 Å². The van der Waals surface area contributed by atoms with Crippen LogP contribution in [0.4, 0.5) is 4.39 Å². The predicted molar refractivity (Wildman–Crippen MR) is 70.9 cm³/mol. The van der Waals surface area contributed by atoms with E-state index in [1.54, 1.807) is 6.07 Å². The molecule has 1 heterocycles. The zero-order valence-electron chi connectivity index (χ0n) is 9.64. The van der Waals surface area contributed by atoms with Crippen LogP contribution < -0.4 is 5.43 Å². The fourth-order valence-electron chi connectivity index (χ4n) is 1.70. The van der Waals surface area contributed by atoms with Gasteiger partial charge in [0, 0.05) is 29.5 Å². The van der Waals surface area contributed by atoms with E-state index in [-0.39, 0.29) is 17.9 Å². The van der Waals surface area contributed by atoms with Crippen molar-refractivity contribution >= 4 is 21.9 Å². The molecule has 0 aliphatic rings. The molecule has 0 spiro atoms. The maximum Gasteiger partial charge on any atom is 0.341 e. The minimum Gasteiger partial charge on any atom is -0.477 e. The van der Waals surface area contributed by atoms with Crippen molar-refractivity contribution in [2.45, 2.75) is 6.54 Å². The van der Waals surface area contributed by atoms with Gasteiger partial charge in [-0.15, -0.1) is 0 Å². The van der Waals surface area contributed by atoms with Crippen molar-refractivity contribution in [2.24, 2.45) is 0 Å². The van der Waals surface area contributed by atoms with Gasteiger partial charge in [-0.3, -0.25) is 4.79 Å². The average Bonchev–Trinajstić information content (AvgIpc) is 2.30. The van der Waals surface area contributed by atoms with Gasteiger partial charge < -0.3 is 9.67 Å². The van der Waals surface area contributed by atoms with Gasteiger partial charge in [-0.05, 0) is 23.8 Å². The molecule has 1 aromatic carbocycles. The number of aromatic nitrogens is 1. The highest BCUT2D eigenvalue weighted by Gasteiger charge is 2.08. The minimum atomic E-state index is -1.28. The molecule has 4 nitrogen and oxygen atoms in total. The quantitative estimate of drug-likeness (QED) is 0.943. The first-order valence-corrected chi connectivity index (χ1v) is 6.13. The molecule has 0 bridgehead atoms. The Kier molecular flexibility index (Phi) is 3.80. The van der Waals surface area contributed by atoms with Crippen molar-refractivity contribution in [1.29, 1.82) is 0 Å². The number of aromatic carboxylic acids is 1. The largest absolute Gasteiger partial charge is 0.477 e. The highest BCUT2D eigenvalue weighted by Crippen LogP contribution is 2.15. The molecule has 6 heteroatoms. The number of hydrogen-bond acceptors (Lipinski definition) is 2. The molecule has 0 atom stereocenters. The SMILES string of the molecule is O=C(O)c1cn(Cc2cc(F)cc(Br)c2)ccc1=O. The standard InChI is InChI=1S/C13H9BrFNO3/c14-9-3-8(4-10(15)5-9)6-16-2-1-12(17)11(7-16)13(18)19/h1-5,7H,6H2,(H,18,19). The van der Waals surface area contributed by atoms with Crippen LogP contribution in [0, 0.1) is 5.82 Å². The molecule has 0 fully saturated rings. The lowest BCUT2D eigenvalue weighted by Gasteiger charge is -2.08. The summed E-state index contributed by atoms with van der Waals surface area (Å²) in [6.45, 7) is 0.275. The third kappa shape index (κ3) is 3.29. The molecule has 0 unspecified atom stereocenters. The number of carboxylic acids is 1. The molecular formula is C13H9BrFNO3. The highest BCUT2D eigenvalue weighted by atomic mass is 79.9. The number of hydrogen-bond donors (Lipinski definition) is 1. The summed E-state index contributed by atoms with van der Waals surface area (Å²) in [5.74, 6) is -1.66. The summed E-state index contributed by atoms with van der Waals surface area (Å²) in [5, 5.41) is 8.86. The molecule has 0 saturated heterocycles. The fraction of sp³-hybridized carbons (Fsp3) is 0.0769. The second-order valence-electron chi connectivity index (χ2n) is 3.98. The summed E-state index contributed by atoms with van der Waals surface area (Å²) in [6, 6.07) is 5.58. The Morgan fingerprint density at radius 2 is 2.11 bits per heavy atom. The van der Waals surface area contributed by atoms with E-state index in [1.165, 1.54) is 35.2 Å². The lowest BCUT2D eigenvalue weighted by molar-refractivity contribution is 0.0694. The normalized spacial score (nSPS) is 10.4. The number of carboxylic acid groups (broad SMARTS) is 1. The molecule has 2 rings (SSSR count). The third-order valence-electron chi connectivity index (χ3n) is 2.50. The first kappa shape index (κ1) is 13.5. The zero-order valence-corrected chi connectivity index (χ0v) is 11.2. The molecule has 98 valence electrons. The van der Waals surface area contributed by atoms with Gasteiger partial charge in [0.1, 0.15) is 11.4 Å². The van der Waals surface area contributed by atoms with Gasteiger partial charge in [0.15, 0.2) is 5.43 Å². The summed E-state index contributed by atoms with van der Waals surface area (Å²) >= 11 is 3.18. The number of pyridine rings is 1. The molecule has 0 radical (unpaired) electrons. The topological polar surface area (TPSA) is 59.3 Å². The highest BCUT2D eigenvalue weighted by molar-refractivity contribution is 9.10. The first-order chi connectivity index (χ1) is 8.95. The monoisotopic (exact) mass is 325 g/mol. The smallest absolute Gasteiger partial charge is 0.341 e. The summed E-state index contributed by atoms with van der Waals surface area (Å²) in [7, 11) is 0. The van der Waals surface area contributed by atoms with E-state index in [4.69, 9.17) is 5.11 Å². The van der Waals surface area contributed by atoms with Gasteiger partial charge in [-0.1, -0.05) is 15.9 Å². The van der Waals surface area contributed by atoms with Crippen LogP contribution in [0.3, 0.4) is 0 Å². The van der Waals surface area contributed by atoms with E-state index in [1.807, 2.05) is 0 Å². The fourth-order valence-corrected chi connectivity index (χ4v) is 2.21. The molecule has 0 amide bonds. The number of nitrogens with zero attached hydrogens (tertiary/aromatic N) is 1. The van der Waals surface area contributed by atoms with Crippen molar-refractivity contribution in [2.75, 3.05) is 0 Å². The van der Waals surface area contributed by atoms with E-state index >= 15 is 0 Å². The Morgan fingerprint density at radius 3 is 2.74 bits per heavy atom. The maximum absolute atomic E-state index is 13.2. The van der Waals surface area contributed by atoms with Gasteiger partial charge in [-0.25, -0.2) is 9.18 Å². The molecule has 1 aromatic heterocycles. The lowest BCUT2D eigenvalue weighted by atomic mass is 10.2. The third-order valence-corrected chi connectivity index (χ3v) is 2.95. The molecule has 2 aromatic rings. The summed E-state index contributed by atoms with van der Waals surface area (Å²) in [5.41, 5.74) is -0.200. The van der Waals surface area contributed by atoms with E-state index in [2.05, 4.69) is 15.9 Å². The molecular weight excluding hydrogens is 317 g/mol. The minimum absolute atomic E-state index is 0.275. The molecule has 0 aliphatic carbocycles. The number of carbonyl (C=O) groups is 1. The Morgan fingerprint density at radius 1 is 1.37 bits per heavy atom. The van der Waals surface area contributed by atoms with Crippen molar-refractivity contribution < 1.29 is 14.3 Å². The molecule has 1 N–H and O–H groups in total. The maximum atomic E-state index is 13.2. The van der Waals surface area contributed by atoms with Crippen LogP contribution >= 0.6 is 15.9 Å². The van der Waals surface area contributed by atoms with Crippen molar-refractivity contribution in [3.63, 3.8) is 0 Å². The van der Waals surface area contributed by atoms with Crippen LogP contribution in [0.2, 0.25) is 0 Å². The average molecular weight is 326 g/mol. The second-order valence-corrected chi connectivity index (χ2v) is 4.89. The van der Waals surface area contributed by atoms with Crippen LogP contribution in [-0.2, 0) is 6.54 Å². The first-order valence-electron chi connectivity index (χ1n) is 5.34. The van der Waals surface area contributed by atoms with Crippen LogP contribution in [0.25, 0.3) is 0 Å². The Bertz CT molecular complexity index is 676. The lowest BCUT2D eigenvalue weighted by Crippen LogP contribution is -2.16. The number of rotatable bonds is 3. The Hall–Kier alpha value is -1.95. The van der Waals surface area contributed by atoms with E-state index in [0.717, 1.165) is 0 Å². The summed E-state index contributed by atoms with van der Waals surface area (Å²) in [4.78, 5) is 22.2. The van der Waals surface area contributed by atoms with Gasteiger partial charge in [0.25, 0.3) is 0 Å². The molecule has 19 heavy (non-hydrogen) atoms. The number of benzene rings is 1. The van der Waals surface area contributed by atoms with Gasteiger partial charge in [0.2, 0.25) is 0 Å². The summed E-state index contributed by atoms with van der Waals surface area (Å²) in [6.07, 6.45) is 2.71. The van der Waals surface area contributed by atoms with Crippen LogP contribution in [-0.4, -0.2) is 15.6 Å². The second kappa shape index (κ2) is 5.36. The van der Waals surface area contributed by atoms with Crippen molar-refractivity contribution in [3.05, 3.63) is 68.3 Å². The van der Waals surface area contributed by atoms with Crippen molar-refractivity contribution in [3.8, 4) is 0 Å². The van der Waals surface area contributed by atoms with Gasteiger partial charge in [-0.2, -0.15) is 0 Å². The molecule has 0 saturated carbocycles. The van der Waals surface area contributed by atoms with E-state index in [0.29, 0.717) is 10.0 Å². The van der Waals surface area contributed by atoms with E-state index in [9.17, 15) is 14.0 Å². The van der Waals surface area contributed by atoms with Gasteiger partial charge >= 0.3 is 5.97 Å². The van der Waals surface area contributed by atoms with E-state index < -0.39 is 11.4 Å². The van der Waals surface area contributed by atoms with Crippen LogP contribution in [0.15, 0.2) is 45.9 Å². The molecule has 0 aliphatic heterocycles. The van der Waals surface area contributed by atoms with Crippen molar-refractivity contribution in [1.82, 2.24) is 4.57 Å². The Labute approximate surface area is 116 Å². The zero-order chi connectivity index (χ0) is 14.0. The number of halogens is 2. The summed E-state index contributed by atoms with van der Waals surface area (Å²) < 4.78 is 15.3. The van der Waals surface area contributed by atoms with Gasteiger partial charge in [0.05, 0.1) is 0 Å². The van der Waals surface area contributed by atoms with Crippen LogP contribution in [0.5, 0.6) is 0 Å².